The van der Waals surface area contributed by atoms with Gasteiger partial charge in [-0.05, 0) is 24.3 Å². The van der Waals surface area contributed by atoms with Crippen LogP contribution in [0.3, 0.4) is 0 Å². The summed E-state index contributed by atoms with van der Waals surface area (Å²) in [4.78, 5) is 8.93. The van der Waals surface area contributed by atoms with Gasteiger partial charge < -0.3 is 15.9 Å². The Hall–Kier alpha value is -2.08. The number of anilines is 2. The quantitative estimate of drug-likeness (QED) is 0.627. The lowest BCUT2D eigenvalue weighted by atomic mass is 10.2. The van der Waals surface area contributed by atoms with E-state index in [9.17, 15) is 0 Å². The molecule has 0 saturated heterocycles. The Morgan fingerprint density at radius 1 is 1.06 bits per heavy atom. The maximum Gasteiger partial charge on any atom is 0.231 e. The molecule has 0 radical (unpaired) electrons. The average Bonchev–Trinajstić information content (AvgIpc) is 2.75. The Kier molecular flexibility index (Phi) is 1.84. The van der Waals surface area contributed by atoms with Gasteiger partial charge in [0.1, 0.15) is 0 Å². The van der Waals surface area contributed by atoms with Gasteiger partial charge in [-0.3, -0.25) is 0 Å². The first-order valence-corrected chi connectivity index (χ1v) is 5.43. The number of nitrogen functional groups attached to an aromatic ring is 2. The monoisotopic (exact) mass is 232 g/mol. The van der Waals surface area contributed by atoms with Crippen molar-refractivity contribution in [2.24, 2.45) is 0 Å². The summed E-state index contributed by atoms with van der Waals surface area (Å²) < 4.78 is 5.54. The predicted molar refractivity (Wildman–Crippen MR) is 63.9 cm³/mol. The topological polar surface area (TPSA) is 91.0 Å². The summed E-state index contributed by atoms with van der Waals surface area (Å²) in [7, 11) is 0. The summed E-state index contributed by atoms with van der Waals surface area (Å²) in [5.41, 5.74) is 13.3. The molecule has 5 nitrogen and oxygen atoms in total. The number of rotatable bonds is 1. The van der Waals surface area contributed by atoms with Gasteiger partial charge in [0.2, 0.25) is 16.4 Å². The van der Waals surface area contributed by atoms with Crippen molar-refractivity contribution in [3.63, 3.8) is 0 Å². The highest BCUT2D eigenvalue weighted by Gasteiger charge is 2.11. The highest BCUT2D eigenvalue weighted by atomic mass is 32.1. The van der Waals surface area contributed by atoms with Crippen LogP contribution >= 0.6 is 11.3 Å². The molecular formula is C10H8N4OS. The molecule has 0 aliphatic rings. The smallest absolute Gasteiger partial charge is 0.231 e. The fraction of sp³-hybridized carbons (Fsp3) is 0. The van der Waals surface area contributed by atoms with Gasteiger partial charge in [0.25, 0.3) is 0 Å². The van der Waals surface area contributed by atoms with Crippen LogP contribution in [0.25, 0.3) is 22.0 Å². The molecule has 0 unspecified atom stereocenters. The molecule has 6 heteroatoms. The van der Waals surface area contributed by atoms with Crippen LogP contribution in [0.5, 0.6) is 0 Å². The number of hydrogen-bond donors (Lipinski definition) is 2. The van der Waals surface area contributed by atoms with Crippen molar-refractivity contribution in [3.05, 3.63) is 24.3 Å². The molecule has 2 heterocycles. The van der Waals surface area contributed by atoms with Crippen LogP contribution in [0.2, 0.25) is 0 Å². The summed E-state index contributed by atoms with van der Waals surface area (Å²) in [6, 6.07) is 7.31. The number of nitrogens with two attached hydrogens (primary N) is 2. The molecule has 2 aromatic heterocycles. The Morgan fingerprint density at radius 2 is 1.81 bits per heavy atom. The van der Waals surface area contributed by atoms with Crippen LogP contribution in [-0.4, -0.2) is 9.97 Å². The third kappa shape index (κ3) is 1.40. The lowest BCUT2D eigenvalue weighted by Crippen LogP contribution is -1.84. The van der Waals surface area contributed by atoms with Crippen LogP contribution in [0.1, 0.15) is 0 Å². The van der Waals surface area contributed by atoms with Gasteiger partial charge in [0, 0.05) is 11.3 Å². The standard InChI is InChI=1S/C10H8N4OS/c11-6-3-1-5(2-4-6)8-13-7-9(15-8)16-10(12)14-7/h1-4H,11H2,(H2,12,14). The summed E-state index contributed by atoms with van der Waals surface area (Å²) in [6.07, 6.45) is 0. The Labute approximate surface area is 94.7 Å². The van der Waals surface area contributed by atoms with Gasteiger partial charge in [-0.15, -0.1) is 0 Å². The van der Waals surface area contributed by atoms with E-state index in [0.717, 1.165) is 5.56 Å². The Bertz CT molecular complexity index is 609. The zero-order valence-electron chi connectivity index (χ0n) is 8.18. The van der Waals surface area contributed by atoms with Crippen molar-refractivity contribution in [1.29, 1.82) is 0 Å². The summed E-state index contributed by atoms with van der Waals surface area (Å²) in [6.45, 7) is 0. The minimum absolute atomic E-state index is 0.463. The third-order valence-electron chi connectivity index (χ3n) is 2.15. The lowest BCUT2D eigenvalue weighted by molar-refractivity contribution is 0.627. The second-order valence-electron chi connectivity index (χ2n) is 3.30. The molecule has 3 rings (SSSR count). The van der Waals surface area contributed by atoms with Gasteiger partial charge in [-0.2, -0.15) is 9.97 Å². The van der Waals surface area contributed by atoms with Gasteiger partial charge >= 0.3 is 0 Å². The fourth-order valence-corrected chi connectivity index (χ4v) is 2.03. The molecular weight excluding hydrogens is 224 g/mol. The maximum absolute atomic E-state index is 5.60. The minimum atomic E-state index is 0.463. The predicted octanol–water partition coefficient (Wildman–Crippen LogP) is 2.12. The third-order valence-corrected chi connectivity index (χ3v) is 2.90. The van der Waals surface area contributed by atoms with Crippen molar-refractivity contribution in [2.45, 2.75) is 0 Å². The summed E-state index contributed by atoms with van der Waals surface area (Å²) in [5, 5.41) is 0.463. The molecule has 3 aromatic rings. The second kappa shape index (κ2) is 3.21. The molecule has 0 amide bonds. The van der Waals surface area contributed by atoms with E-state index in [1.807, 2.05) is 12.1 Å². The lowest BCUT2D eigenvalue weighted by Gasteiger charge is -1.95. The van der Waals surface area contributed by atoms with Crippen molar-refractivity contribution >= 4 is 32.7 Å². The zero-order valence-corrected chi connectivity index (χ0v) is 8.99. The van der Waals surface area contributed by atoms with E-state index in [2.05, 4.69) is 9.97 Å². The van der Waals surface area contributed by atoms with E-state index in [-0.39, 0.29) is 0 Å². The first kappa shape index (κ1) is 9.17. The number of oxazole rings is 1. The molecule has 16 heavy (non-hydrogen) atoms. The molecule has 0 spiro atoms. The first-order valence-electron chi connectivity index (χ1n) is 4.61. The van der Waals surface area contributed by atoms with Crippen molar-refractivity contribution in [1.82, 2.24) is 9.97 Å². The SMILES string of the molecule is Nc1ccc(-c2nc3nc(N)sc3o2)cc1. The van der Waals surface area contributed by atoms with Crippen molar-refractivity contribution in [3.8, 4) is 11.5 Å². The highest BCUT2D eigenvalue weighted by Crippen LogP contribution is 2.29. The number of fused-ring (bicyclic) bond motifs is 1. The molecule has 0 fully saturated rings. The van der Waals surface area contributed by atoms with Crippen molar-refractivity contribution in [2.75, 3.05) is 11.5 Å². The summed E-state index contributed by atoms with van der Waals surface area (Å²) >= 11 is 1.28. The van der Waals surface area contributed by atoms with Crippen molar-refractivity contribution < 1.29 is 4.42 Å². The second-order valence-corrected chi connectivity index (χ2v) is 4.30. The molecule has 0 saturated carbocycles. The van der Waals surface area contributed by atoms with Gasteiger partial charge in [-0.25, -0.2) is 0 Å². The highest BCUT2D eigenvalue weighted by molar-refractivity contribution is 7.21. The van der Waals surface area contributed by atoms with Gasteiger partial charge in [0.15, 0.2) is 5.13 Å². The summed E-state index contributed by atoms with van der Waals surface area (Å²) in [5.74, 6) is 0.536. The van der Waals surface area contributed by atoms with Crippen LogP contribution < -0.4 is 11.5 Å². The number of aromatic nitrogens is 2. The van der Waals surface area contributed by atoms with E-state index in [1.165, 1.54) is 11.3 Å². The minimum Gasteiger partial charge on any atom is -0.423 e. The fourth-order valence-electron chi connectivity index (χ4n) is 1.41. The number of hydrogen-bond acceptors (Lipinski definition) is 6. The molecule has 1 aromatic carbocycles. The molecule has 0 bridgehead atoms. The number of nitrogens with zero attached hydrogens (tertiary/aromatic N) is 2. The molecule has 0 aliphatic heterocycles. The number of thiazole rings is 1. The van der Waals surface area contributed by atoms with Crippen LogP contribution in [0.15, 0.2) is 28.7 Å². The molecule has 4 N–H and O–H groups in total. The van der Waals surface area contributed by atoms with E-state index >= 15 is 0 Å². The molecule has 80 valence electrons. The number of benzene rings is 1. The van der Waals surface area contributed by atoms with E-state index in [1.54, 1.807) is 12.1 Å². The zero-order chi connectivity index (χ0) is 11.1. The average molecular weight is 232 g/mol. The van der Waals surface area contributed by atoms with E-state index in [4.69, 9.17) is 15.9 Å². The van der Waals surface area contributed by atoms with Crippen LogP contribution in [0.4, 0.5) is 10.8 Å². The van der Waals surface area contributed by atoms with Crippen LogP contribution in [0, 0.1) is 0 Å². The van der Waals surface area contributed by atoms with Gasteiger partial charge in [0.05, 0.1) is 0 Å². The van der Waals surface area contributed by atoms with E-state index < -0.39 is 0 Å². The van der Waals surface area contributed by atoms with Crippen LogP contribution in [-0.2, 0) is 0 Å². The normalized spacial score (nSPS) is 11.0. The first-order chi connectivity index (χ1) is 7.72. The molecule has 0 atom stereocenters. The van der Waals surface area contributed by atoms with E-state index in [0.29, 0.717) is 27.3 Å². The van der Waals surface area contributed by atoms with Gasteiger partial charge in [-0.1, -0.05) is 11.3 Å². The largest absolute Gasteiger partial charge is 0.423 e. The molecule has 0 aliphatic carbocycles. The Balaban J connectivity index is 2.11. The Morgan fingerprint density at radius 3 is 2.50 bits per heavy atom. The maximum atomic E-state index is 5.60.